The summed E-state index contributed by atoms with van der Waals surface area (Å²) in [6.45, 7) is 1.45. The van der Waals surface area contributed by atoms with Crippen molar-refractivity contribution in [2.75, 3.05) is 18.5 Å². The largest absolute Gasteiger partial charge is 0.481 e. The van der Waals surface area contributed by atoms with Gasteiger partial charge in [-0.2, -0.15) is 0 Å². The molecule has 0 atom stereocenters. The molecule has 126 valence electrons. The predicted molar refractivity (Wildman–Crippen MR) is 89.4 cm³/mol. The molecule has 2 aromatic carbocycles. The summed E-state index contributed by atoms with van der Waals surface area (Å²) in [5, 5.41) is 5.18. The number of para-hydroxylation sites is 2. The summed E-state index contributed by atoms with van der Waals surface area (Å²) in [5.41, 5.74) is 1.74. The molecule has 0 aliphatic rings. The topological polar surface area (TPSA) is 67.4 Å². The lowest BCUT2D eigenvalue weighted by molar-refractivity contribution is -0.125. The molecule has 0 spiro atoms. The number of rotatable bonds is 7. The van der Waals surface area contributed by atoms with Crippen molar-refractivity contribution in [1.29, 1.82) is 0 Å². The summed E-state index contributed by atoms with van der Waals surface area (Å²) in [6.07, 6.45) is 0.791. The van der Waals surface area contributed by atoms with E-state index in [2.05, 4.69) is 10.6 Å². The van der Waals surface area contributed by atoms with Crippen LogP contribution in [0.2, 0.25) is 0 Å². The van der Waals surface area contributed by atoms with Gasteiger partial charge >= 0.3 is 0 Å². The standard InChI is InChI=1S/C18H19FN2O3/c1-2-13-7-3-5-9-15(13)21-17(22)11-20-18(23)12-24-16-10-6-4-8-14(16)19/h3-10H,2,11-12H2,1H3,(H,20,23)(H,21,22). The zero-order valence-electron chi connectivity index (χ0n) is 13.3. The minimum Gasteiger partial charge on any atom is -0.481 e. The van der Waals surface area contributed by atoms with Gasteiger partial charge in [0, 0.05) is 5.69 Å². The van der Waals surface area contributed by atoms with Crippen LogP contribution in [0.1, 0.15) is 12.5 Å². The third-order valence-electron chi connectivity index (χ3n) is 3.31. The summed E-state index contributed by atoms with van der Waals surface area (Å²) in [5.74, 6) is -1.39. The second kappa shape index (κ2) is 8.67. The average molecular weight is 330 g/mol. The third-order valence-corrected chi connectivity index (χ3v) is 3.31. The fourth-order valence-corrected chi connectivity index (χ4v) is 2.08. The average Bonchev–Trinajstić information content (AvgIpc) is 2.59. The minimum atomic E-state index is -0.542. The smallest absolute Gasteiger partial charge is 0.258 e. The molecule has 24 heavy (non-hydrogen) atoms. The highest BCUT2D eigenvalue weighted by atomic mass is 19.1. The molecule has 0 saturated carbocycles. The number of carbonyl (C=O) groups is 2. The summed E-state index contributed by atoms with van der Waals surface area (Å²) < 4.78 is 18.4. The molecule has 0 bridgehead atoms. The van der Waals surface area contributed by atoms with E-state index in [1.807, 2.05) is 25.1 Å². The maximum atomic E-state index is 13.3. The minimum absolute atomic E-state index is 0.00558. The predicted octanol–water partition coefficient (Wildman–Crippen LogP) is 2.52. The normalized spacial score (nSPS) is 10.1. The Morgan fingerprint density at radius 3 is 2.50 bits per heavy atom. The number of aryl methyl sites for hydroxylation is 1. The monoisotopic (exact) mass is 330 g/mol. The van der Waals surface area contributed by atoms with Crippen molar-refractivity contribution in [3.05, 3.63) is 59.9 Å². The Bertz CT molecular complexity index is 719. The highest BCUT2D eigenvalue weighted by Crippen LogP contribution is 2.15. The van der Waals surface area contributed by atoms with Gasteiger partial charge in [-0.1, -0.05) is 37.3 Å². The van der Waals surface area contributed by atoms with Gasteiger partial charge in [0.05, 0.1) is 6.54 Å². The van der Waals surface area contributed by atoms with Crippen LogP contribution in [0, 0.1) is 5.82 Å². The molecule has 2 N–H and O–H groups in total. The number of benzene rings is 2. The highest BCUT2D eigenvalue weighted by Gasteiger charge is 2.09. The van der Waals surface area contributed by atoms with Crippen LogP contribution in [0.3, 0.4) is 0 Å². The zero-order valence-corrected chi connectivity index (χ0v) is 13.3. The fourth-order valence-electron chi connectivity index (χ4n) is 2.08. The first-order valence-corrected chi connectivity index (χ1v) is 7.62. The van der Waals surface area contributed by atoms with E-state index in [4.69, 9.17) is 4.74 Å². The second-order valence-electron chi connectivity index (χ2n) is 5.05. The number of hydrogen-bond donors (Lipinski definition) is 2. The molecular formula is C18H19FN2O3. The van der Waals surface area contributed by atoms with Crippen molar-refractivity contribution in [2.45, 2.75) is 13.3 Å². The Morgan fingerprint density at radius 1 is 1.04 bits per heavy atom. The number of carbonyl (C=O) groups excluding carboxylic acids is 2. The quantitative estimate of drug-likeness (QED) is 0.820. The van der Waals surface area contributed by atoms with Gasteiger partial charge in [-0.25, -0.2) is 4.39 Å². The van der Waals surface area contributed by atoms with E-state index in [0.29, 0.717) is 0 Å². The van der Waals surface area contributed by atoms with Crippen LogP contribution >= 0.6 is 0 Å². The van der Waals surface area contributed by atoms with Crippen molar-refractivity contribution < 1.29 is 18.7 Å². The van der Waals surface area contributed by atoms with Gasteiger partial charge in [-0.15, -0.1) is 0 Å². The Balaban J connectivity index is 1.77. The van der Waals surface area contributed by atoms with E-state index in [0.717, 1.165) is 17.7 Å². The lowest BCUT2D eigenvalue weighted by Gasteiger charge is -2.11. The van der Waals surface area contributed by atoms with Gasteiger partial charge in [0.1, 0.15) is 0 Å². The molecule has 2 amide bonds. The van der Waals surface area contributed by atoms with Crippen molar-refractivity contribution in [3.8, 4) is 5.75 Å². The van der Waals surface area contributed by atoms with E-state index >= 15 is 0 Å². The molecule has 0 aliphatic heterocycles. The SMILES string of the molecule is CCc1ccccc1NC(=O)CNC(=O)COc1ccccc1F. The number of anilines is 1. The molecule has 2 aromatic rings. The molecule has 0 aromatic heterocycles. The molecule has 6 heteroatoms. The Hall–Kier alpha value is -2.89. The zero-order chi connectivity index (χ0) is 17.4. The number of amides is 2. The molecule has 0 aliphatic carbocycles. The van der Waals surface area contributed by atoms with E-state index in [9.17, 15) is 14.0 Å². The van der Waals surface area contributed by atoms with E-state index in [1.165, 1.54) is 18.2 Å². The van der Waals surface area contributed by atoms with Gasteiger partial charge < -0.3 is 15.4 Å². The van der Waals surface area contributed by atoms with Gasteiger partial charge in [-0.05, 0) is 30.2 Å². The van der Waals surface area contributed by atoms with Gasteiger partial charge in [-0.3, -0.25) is 9.59 Å². The molecular weight excluding hydrogens is 311 g/mol. The van der Waals surface area contributed by atoms with E-state index < -0.39 is 11.7 Å². The first kappa shape index (κ1) is 17.5. The van der Waals surface area contributed by atoms with E-state index in [-0.39, 0.29) is 24.8 Å². The van der Waals surface area contributed by atoms with Crippen molar-refractivity contribution in [3.63, 3.8) is 0 Å². The third kappa shape index (κ3) is 5.08. The molecule has 0 unspecified atom stereocenters. The molecule has 5 nitrogen and oxygen atoms in total. The lowest BCUT2D eigenvalue weighted by atomic mass is 10.1. The fraction of sp³-hybridized carbons (Fsp3) is 0.222. The summed E-state index contributed by atoms with van der Waals surface area (Å²) >= 11 is 0. The Kier molecular flexibility index (Phi) is 6.31. The molecule has 2 rings (SSSR count). The van der Waals surface area contributed by atoms with E-state index in [1.54, 1.807) is 12.1 Å². The summed E-state index contributed by atoms with van der Waals surface area (Å²) in [4.78, 5) is 23.6. The molecule has 0 fully saturated rings. The Labute approximate surface area is 139 Å². The number of hydrogen-bond acceptors (Lipinski definition) is 3. The van der Waals surface area contributed by atoms with Crippen LogP contribution in [-0.2, 0) is 16.0 Å². The van der Waals surface area contributed by atoms with Crippen molar-refractivity contribution >= 4 is 17.5 Å². The molecule has 0 heterocycles. The first-order chi connectivity index (χ1) is 11.6. The van der Waals surface area contributed by atoms with Gasteiger partial charge in [0.2, 0.25) is 5.91 Å². The lowest BCUT2D eigenvalue weighted by Crippen LogP contribution is -2.36. The van der Waals surface area contributed by atoms with Crippen LogP contribution < -0.4 is 15.4 Å². The number of ether oxygens (including phenoxy) is 1. The van der Waals surface area contributed by atoms with Crippen molar-refractivity contribution in [1.82, 2.24) is 5.32 Å². The highest BCUT2D eigenvalue weighted by molar-refractivity contribution is 5.95. The molecule has 0 radical (unpaired) electrons. The summed E-state index contributed by atoms with van der Waals surface area (Å²) in [7, 11) is 0. The van der Waals surface area contributed by atoms with Crippen LogP contribution in [0.4, 0.5) is 10.1 Å². The molecule has 0 saturated heterocycles. The van der Waals surface area contributed by atoms with Gasteiger partial charge in [0.15, 0.2) is 18.2 Å². The number of halogens is 1. The maximum Gasteiger partial charge on any atom is 0.258 e. The summed E-state index contributed by atoms with van der Waals surface area (Å²) in [6, 6.07) is 13.3. The van der Waals surface area contributed by atoms with Crippen LogP contribution in [0.5, 0.6) is 5.75 Å². The maximum absolute atomic E-state index is 13.3. The number of nitrogens with one attached hydrogen (secondary N) is 2. The van der Waals surface area contributed by atoms with Crippen molar-refractivity contribution in [2.24, 2.45) is 0 Å². The van der Waals surface area contributed by atoms with Gasteiger partial charge in [0.25, 0.3) is 5.91 Å². The Morgan fingerprint density at radius 2 is 1.75 bits per heavy atom. The van der Waals surface area contributed by atoms with Crippen LogP contribution in [-0.4, -0.2) is 25.0 Å². The van der Waals surface area contributed by atoms with Crippen LogP contribution in [0.25, 0.3) is 0 Å². The second-order valence-corrected chi connectivity index (χ2v) is 5.05. The van der Waals surface area contributed by atoms with Crippen LogP contribution in [0.15, 0.2) is 48.5 Å². The first-order valence-electron chi connectivity index (χ1n) is 7.62.